The van der Waals surface area contributed by atoms with E-state index in [1.807, 2.05) is 13.0 Å². The van der Waals surface area contributed by atoms with E-state index in [9.17, 15) is 0 Å². The first kappa shape index (κ1) is 9.94. The lowest BCUT2D eigenvalue weighted by Crippen LogP contribution is -2.27. The molecule has 0 amide bonds. The Morgan fingerprint density at radius 3 is 2.79 bits per heavy atom. The van der Waals surface area contributed by atoms with Crippen molar-refractivity contribution in [2.75, 3.05) is 0 Å². The van der Waals surface area contributed by atoms with E-state index in [0.29, 0.717) is 10.7 Å². The van der Waals surface area contributed by atoms with Crippen LogP contribution in [-0.2, 0) is 6.54 Å². The summed E-state index contributed by atoms with van der Waals surface area (Å²) in [5, 5.41) is 4.10. The van der Waals surface area contributed by atoms with Crippen molar-refractivity contribution in [3.8, 4) is 0 Å². The number of aryl methyl sites for hydroxylation is 1. The molecule has 76 valence electrons. The largest absolute Gasteiger partial charge is 0.307 e. The quantitative estimate of drug-likeness (QED) is 0.776. The summed E-state index contributed by atoms with van der Waals surface area (Å²) in [4.78, 5) is 4.13. The summed E-state index contributed by atoms with van der Waals surface area (Å²) in [6, 6.07) is 4.00. The van der Waals surface area contributed by atoms with Gasteiger partial charge in [-0.15, -0.1) is 0 Å². The number of aromatic nitrogens is 1. The maximum Gasteiger partial charge on any atom is 0.129 e. The predicted octanol–water partition coefficient (Wildman–Crippen LogP) is 2.69. The van der Waals surface area contributed by atoms with Gasteiger partial charge in [0, 0.05) is 17.8 Å². The summed E-state index contributed by atoms with van der Waals surface area (Å²) in [7, 11) is 0. The van der Waals surface area contributed by atoms with Crippen LogP contribution in [0.3, 0.4) is 0 Å². The smallest absolute Gasteiger partial charge is 0.129 e. The molecule has 0 atom stereocenters. The van der Waals surface area contributed by atoms with Gasteiger partial charge in [-0.25, -0.2) is 4.98 Å². The minimum Gasteiger partial charge on any atom is -0.307 e. The van der Waals surface area contributed by atoms with Crippen LogP contribution in [0.25, 0.3) is 0 Å². The van der Waals surface area contributed by atoms with Crippen molar-refractivity contribution >= 4 is 11.6 Å². The second-order valence-corrected chi connectivity index (χ2v) is 4.74. The number of hydrogen-bond acceptors (Lipinski definition) is 2. The highest BCUT2D eigenvalue weighted by Gasteiger charge is 2.36. The van der Waals surface area contributed by atoms with Crippen molar-refractivity contribution in [1.82, 2.24) is 10.3 Å². The number of nitrogens with zero attached hydrogens (tertiary/aromatic N) is 1. The van der Waals surface area contributed by atoms with Crippen molar-refractivity contribution in [2.45, 2.75) is 38.8 Å². The van der Waals surface area contributed by atoms with Crippen LogP contribution in [0.15, 0.2) is 12.1 Å². The Morgan fingerprint density at radius 1 is 1.50 bits per heavy atom. The number of nitrogens with one attached hydrogen (secondary N) is 1. The molecule has 1 heterocycles. The lowest BCUT2D eigenvalue weighted by atomic mass is 10.2. The standard InChI is InChI=1S/C11H15ClN2/c1-8-5-9(6-10(12)14-8)7-13-11(2)3-4-11/h5-6,13H,3-4,7H2,1-2H3. The fraction of sp³-hybridized carbons (Fsp3) is 0.545. The summed E-state index contributed by atoms with van der Waals surface area (Å²) >= 11 is 5.88. The average molecular weight is 211 g/mol. The van der Waals surface area contributed by atoms with Gasteiger partial charge in [-0.2, -0.15) is 0 Å². The van der Waals surface area contributed by atoms with Crippen LogP contribution in [0.4, 0.5) is 0 Å². The van der Waals surface area contributed by atoms with E-state index < -0.39 is 0 Å². The topological polar surface area (TPSA) is 24.9 Å². The first-order valence-electron chi connectivity index (χ1n) is 4.96. The molecule has 0 radical (unpaired) electrons. The Morgan fingerprint density at radius 2 is 2.21 bits per heavy atom. The fourth-order valence-corrected chi connectivity index (χ4v) is 1.75. The highest BCUT2D eigenvalue weighted by Crippen LogP contribution is 2.34. The Kier molecular flexibility index (Phi) is 2.50. The van der Waals surface area contributed by atoms with E-state index in [1.165, 1.54) is 18.4 Å². The SMILES string of the molecule is Cc1cc(CNC2(C)CC2)cc(Cl)n1. The summed E-state index contributed by atoms with van der Waals surface area (Å²) < 4.78 is 0. The van der Waals surface area contributed by atoms with Crippen molar-refractivity contribution in [3.63, 3.8) is 0 Å². The molecule has 0 unspecified atom stereocenters. The molecule has 14 heavy (non-hydrogen) atoms. The van der Waals surface area contributed by atoms with Gasteiger partial charge < -0.3 is 5.32 Å². The van der Waals surface area contributed by atoms with E-state index in [2.05, 4.69) is 23.3 Å². The maximum absolute atomic E-state index is 5.88. The molecule has 1 N–H and O–H groups in total. The molecule has 1 saturated carbocycles. The van der Waals surface area contributed by atoms with Gasteiger partial charge in [0.15, 0.2) is 0 Å². The van der Waals surface area contributed by atoms with Gasteiger partial charge in [-0.05, 0) is 44.4 Å². The Labute approximate surface area is 89.7 Å². The molecule has 0 saturated heterocycles. The Hall–Kier alpha value is -0.600. The van der Waals surface area contributed by atoms with Gasteiger partial charge in [0.1, 0.15) is 5.15 Å². The van der Waals surface area contributed by atoms with E-state index in [-0.39, 0.29) is 0 Å². The summed E-state index contributed by atoms with van der Waals surface area (Å²) in [6.07, 6.45) is 2.57. The number of pyridine rings is 1. The summed E-state index contributed by atoms with van der Waals surface area (Å²) in [5.74, 6) is 0. The second kappa shape index (κ2) is 3.52. The molecule has 0 spiro atoms. The van der Waals surface area contributed by atoms with E-state index in [4.69, 9.17) is 11.6 Å². The maximum atomic E-state index is 5.88. The Balaban J connectivity index is 2.01. The van der Waals surface area contributed by atoms with Gasteiger partial charge in [-0.1, -0.05) is 11.6 Å². The van der Waals surface area contributed by atoms with Gasteiger partial charge >= 0.3 is 0 Å². The molecule has 0 aliphatic heterocycles. The van der Waals surface area contributed by atoms with Crippen molar-refractivity contribution in [3.05, 3.63) is 28.5 Å². The van der Waals surface area contributed by atoms with Crippen LogP contribution in [-0.4, -0.2) is 10.5 Å². The highest BCUT2D eigenvalue weighted by atomic mass is 35.5. The number of rotatable bonds is 3. The number of halogens is 1. The monoisotopic (exact) mass is 210 g/mol. The van der Waals surface area contributed by atoms with Crippen molar-refractivity contribution in [2.24, 2.45) is 0 Å². The molecule has 2 rings (SSSR count). The fourth-order valence-electron chi connectivity index (χ4n) is 1.48. The van der Waals surface area contributed by atoms with Crippen LogP contribution in [0.5, 0.6) is 0 Å². The molecule has 1 aromatic heterocycles. The first-order chi connectivity index (χ1) is 6.57. The lowest BCUT2D eigenvalue weighted by Gasteiger charge is -2.11. The van der Waals surface area contributed by atoms with Gasteiger partial charge in [0.05, 0.1) is 0 Å². The molecule has 0 bridgehead atoms. The summed E-state index contributed by atoms with van der Waals surface area (Å²) in [5.41, 5.74) is 2.58. The third kappa shape index (κ3) is 2.46. The van der Waals surface area contributed by atoms with E-state index >= 15 is 0 Å². The lowest BCUT2D eigenvalue weighted by molar-refractivity contribution is 0.537. The average Bonchev–Trinajstić information content (AvgIpc) is 2.80. The third-order valence-corrected chi connectivity index (χ3v) is 2.89. The van der Waals surface area contributed by atoms with Gasteiger partial charge in [-0.3, -0.25) is 0 Å². The van der Waals surface area contributed by atoms with Crippen LogP contribution >= 0.6 is 11.6 Å². The van der Waals surface area contributed by atoms with E-state index in [0.717, 1.165) is 12.2 Å². The predicted molar refractivity (Wildman–Crippen MR) is 58.5 cm³/mol. The molecule has 0 aromatic carbocycles. The molecule has 2 nitrogen and oxygen atoms in total. The van der Waals surface area contributed by atoms with Gasteiger partial charge in [0.25, 0.3) is 0 Å². The van der Waals surface area contributed by atoms with Crippen molar-refractivity contribution < 1.29 is 0 Å². The molecule has 3 heteroatoms. The molecule has 1 fully saturated rings. The number of hydrogen-bond donors (Lipinski definition) is 1. The Bertz CT molecular complexity index is 325. The van der Waals surface area contributed by atoms with Gasteiger partial charge in [0.2, 0.25) is 0 Å². The minimum atomic E-state index is 0.379. The van der Waals surface area contributed by atoms with Crippen LogP contribution < -0.4 is 5.32 Å². The van der Waals surface area contributed by atoms with Crippen LogP contribution in [0.1, 0.15) is 31.0 Å². The second-order valence-electron chi connectivity index (χ2n) is 4.35. The van der Waals surface area contributed by atoms with Crippen LogP contribution in [0.2, 0.25) is 5.15 Å². The first-order valence-corrected chi connectivity index (χ1v) is 5.33. The molecular formula is C11H15ClN2. The zero-order valence-corrected chi connectivity index (χ0v) is 9.36. The van der Waals surface area contributed by atoms with E-state index in [1.54, 1.807) is 0 Å². The van der Waals surface area contributed by atoms with Crippen LogP contribution in [0, 0.1) is 6.92 Å². The summed E-state index contributed by atoms with van der Waals surface area (Å²) in [6.45, 7) is 5.11. The zero-order valence-electron chi connectivity index (χ0n) is 8.60. The zero-order chi connectivity index (χ0) is 10.2. The molecule has 1 aliphatic carbocycles. The van der Waals surface area contributed by atoms with Crippen molar-refractivity contribution in [1.29, 1.82) is 0 Å². The molecular weight excluding hydrogens is 196 g/mol. The highest BCUT2D eigenvalue weighted by molar-refractivity contribution is 6.29. The normalized spacial score (nSPS) is 18.2. The molecule has 1 aromatic rings. The molecule has 1 aliphatic rings. The third-order valence-electron chi connectivity index (χ3n) is 2.70. The minimum absolute atomic E-state index is 0.379.